The molecule has 52 valence electrons. The molecule has 0 aromatic rings. The second kappa shape index (κ2) is 4.03. The van der Waals surface area contributed by atoms with Gasteiger partial charge in [-0.1, -0.05) is 6.08 Å². The highest BCUT2D eigenvalue weighted by atomic mass is 16.6. The Bertz CT molecular complexity index is 130. The molecule has 0 spiro atoms. The van der Waals surface area contributed by atoms with Crippen molar-refractivity contribution in [1.29, 1.82) is 0 Å². The third kappa shape index (κ3) is 4.96. The molecule has 0 saturated carbocycles. The molecule has 0 bridgehead atoms. The smallest absolute Gasteiger partial charge is 0.224 e. The summed E-state index contributed by atoms with van der Waals surface area (Å²) in [6.45, 7) is 1.30. The van der Waals surface area contributed by atoms with Gasteiger partial charge in [-0.3, -0.25) is 10.1 Å². The normalized spacial score (nSPS) is 11.6. The van der Waals surface area contributed by atoms with Crippen molar-refractivity contribution in [2.75, 3.05) is 13.2 Å². The molecule has 0 heterocycles. The van der Waals surface area contributed by atoms with E-state index in [1.165, 1.54) is 6.08 Å². The molecular weight excluding hydrogens is 122 g/mol. The molecule has 4 heteroatoms. The Hall–Kier alpha value is -0.900. The van der Waals surface area contributed by atoms with Gasteiger partial charge in [0.25, 0.3) is 0 Å². The van der Waals surface area contributed by atoms with Crippen LogP contribution in [0, 0.1) is 10.1 Å². The van der Waals surface area contributed by atoms with Crippen LogP contribution >= 0.6 is 0 Å². The SMILES string of the molecule is CC(=CCO)C[N+](=O)[O-]. The van der Waals surface area contributed by atoms with Gasteiger partial charge in [0.05, 0.1) is 6.61 Å². The lowest BCUT2D eigenvalue weighted by atomic mass is 10.3. The largest absolute Gasteiger partial charge is 0.392 e. The first kappa shape index (κ1) is 8.10. The minimum atomic E-state index is -0.429. The van der Waals surface area contributed by atoms with Gasteiger partial charge in [-0.2, -0.15) is 0 Å². The summed E-state index contributed by atoms with van der Waals surface area (Å²) in [5, 5.41) is 18.0. The molecule has 1 N–H and O–H groups in total. The van der Waals surface area contributed by atoms with Crippen molar-refractivity contribution in [1.82, 2.24) is 0 Å². The van der Waals surface area contributed by atoms with Crippen LogP contribution in [0.5, 0.6) is 0 Å². The van der Waals surface area contributed by atoms with Crippen LogP contribution in [0.2, 0.25) is 0 Å². The summed E-state index contributed by atoms with van der Waals surface area (Å²) in [7, 11) is 0. The van der Waals surface area contributed by atoms with Crippen molar-refractivity contribution in [3.05, 3.63) is 21.8 Å². The van der Waals surface area contributed by atoms with E-state index >= 15 is 0 Å². The van der Waals surface area contributed by atoms with E-state index in [4.69, 9.17) is 5.11 Å². The summed E-state index contributed by atoms with van der Waals surface area (Å²) >= 11 is 0. The maximum Gasteiger partial charge on any atom is 0.224 e. The Morgan fingerprint density at radius 3 is 2.78 bits per heavy atom. The Balaban J connectivity index is 3.62. The van der Waals surface area contributed by atoms with Gasteiger partial charge in [0.15, 0.2) is 0 Å². The topological polar surface area (TPSA) is 63.4 Å². The molecule has 0 amide bonds. The zero-order chi connectivity index (χ0) is 7.28. The summed E-state index contributed by atoms with van der Waals surface area (Å²) in [5.41, 5.74) is 0.586. The van der Waals surface area contributed by atoms with Gasteiger partial charge in [-0.15, -0.1) is 0 Å². The van der Waals surface area contributed by atoms with Crippen LogP contribution in [0.3, 0.4) is 0 Å². The molecule has 0 aliphatic rings. The van der Waals surface area contributed by atoms with E-state index in [1.807, 2.05) is 0 Å². The Morgan fingerprint density at radius 2 is 2.44 bits per heavy atom. The lowest BCUT2D eigenvalue weighted by Crippen LogP contribution is -2.01. The first-order valence-corrected chi connectivity index (χ1v) is 2.55. The van der Waals surface area contributed by atoms with Crippen LogP contribution in [0.15, 0.2) is 11.6 Å². The average Bonchev–Trinajstić information content (AvgIpc) is 1.63. The van der Waals surface area contributed by atoms with Gasteiger partial charge in [0.1, 0.15) is 0 Å². The Morgan fingerprint density at radius 1 is 1.89 bits per heavy atom. The van der Waals surface area contributed by atoms with Gasteiger partial charge in [0.2, 0.25) is 6.54 Å². The summed E-state index contributed by atoms with van der Waals surface area (Å²) in [5.74, 6) is 0. The first-order chi connectivity index (χ1) is 4.16. The van der Waals surface area contributed by atoms with Crippen molar-refractivity contribution in [3.8, 4) is 0 Å². The number of nitro groups is 1. The molecule has 0 aromatic heterocycles. The predicted octanol–water partition coefficient (Wildman–Crippen LogP) is 0.202. The summed E-state index contributed by atoms with van der Waals surface area (Å²) < 4.78 is 0. The zero-order valence-corrected chi connectivity index (χ0v) is 5.20. The molecule has 0 fully saturated rings. The molecule has 0 aliphatic carbocycles. The second-order valence-corrected chi connectivity index (χ2v) is 1.72. The molecular formula is C5H9NO3. The van der Waals surface area contributed by atoms with Crippen molar-refractivity contribution in [3.63, 3.8) is 0 Å². The second-order valence-electron chi connectivity index (χ2n) is 1.72. The quantitative estimate of drug-likeness (QED) is 0.338. The highest BCUT2D eigenvalue weighted by molar-refractivity contribution is 4.97. The number of hydrogen-bond donors (Lipinski definition) is 1. The fraction of sp³-hybridized carbons (Fsp3) is 0.600. The van der Waals surface area contributed by atoms with Crippen LogP contribution in [-0.2, 0) is 0 Å². The van der Waals surface area contributed by atoms with Gasteiger partial charge in [-0.25, -0.2) is 0 Å². The number of hydrogen-bond acceptors (Lipinski definition) is 3. The van der Waals surface area contributed by atoms with Crippen LogP contribution in [-0.4, -0.2) is 23.2 Å². The van der Waals surface area contributed by atoms with Crippen LogP contribution in [0.25, 0.3) is 0 Å². The van der Waals surface area contributed by atoms with E-state index in [1.54, 1.807) is 6.92 Å². The fourth-order valence-corrected chi connectivity index (χ4v) is 0.424. The van der Waals surface area contributed by atoms with Crippen LogP contribution in [0.4, 0.5) is 0 Å². The highest BCUT2D eigenvalue weighted by Gasteiger charge is 1.96. The number of aliphatic hydroxyl groups is 1. The minimum Gasteiger partial charge on any atom is -0.392 e. The van der Waals surface area contributed by atoms with Crippen LogP contribution < -0.4 is 0 Å². The molecule has 0 radical (unpaired) electrons. The van der Waals surface area contributed by atoms with Gasteiger partial charge < -0.3 is 5.11 Å². The van der Waals surface area contributed by atoms with E-state index < -0.39 is 4.92 Å². The lowest BCUT2D eigenvalue weighted by Gasteiger charge is -1.90. The van der Waals surface area contributed by atoms with E-state index in [2.05, 4.69) is 0 Å². The number of aliphatic hydroxyl groups excluding tert-OH is 1. The van der Waals surface area contributed by atoms with Gasteiger partial charge >= 0.3 is 0 Å². The zero-order valence-electron chi connectivity index (χ0n) is 5.20. The van der Waals surface area contributed by atoms with Gasteiger partial charge in [0, 0.05) is 4.92 Å². The third-order valence-electron chi connectivity index (χ3n) is 0.818. The molecule has 9 heavy (non-hydrogen) atoms. The number of rotatable bonds is 3. The van der Waals surface area contributed by atoms with E-state index in [-0.39, 0.29) is 13.2 Å². The first-order valence-electron chi connectivity index (χ1n) is 2.55. The number of nitrogens with zero attached hydrogens (tertiary/aromatic N) is 1. The molecule has 0 aromatic carbocycles. The van der Waals surface area contributed by atoms with Crippen molar-refractivity contribution in [2.24, 2.45) is 0 Å². The lowest BCUT2D eigenvalue weighted by molar-refractivity contribution is -0.470. The standard InChI is InChI=1S/C5H9NO3/c1-5(2-3-7)4-6(8)9/h2,7H,3-4H2,1H3. The maximum absolute atomic E-state index is 9.77. The van der Waals surface area contributed by atoms with Crippen molar-refractivity contribution >= 4 is 0 Å². The summed E-state index contributed by atoms with van der Waals surface area (Å²) in [4.78, 5) is 9.34. The fourth-order valence-electron chi connectivity index (χ4n) is 0.424. The average molecular weight is 131 g/mol. The minimum absolute atomic E-state index is 0.125. The maximum atomic E-state index is 9.77. The molecule has 0 unspecified atom stereocenters. The summed E-state index contributed by atoms with van der Waals surface area (Å²) in [6, 6.07) is 0. The Kier molecular flexibility index (Phi) is 3.62. The molecule has 0 saturated heterocycles. The molecule has 0 aliphatic heterocycles. The van der Waals surface area contributed by atoms with E-state index in [0.717, 1.165) is 0 Å². The van der Waals surface area contributed by atoms with E-state index in [9.17, 15) is 10.1 Å². The van der Waals surface area contributed by atoms with Crippen molar-refractivity contribution < 1.29 is 10.0 Å². The van der Waals surface area contributed by atoms with Gasteiger partial charge in [-0.05, 0) is 12.5 Å². The molecule has 0 atom stereocenters. The predicted molar refractivity (Wildman–Crippen MR) is 32.7 cm³/mol. The summed E-state index contributed by atoms with van der Waals surface area (Å²) in [6.07, 6.45) is 1.42. The highest BCUT2D eigenvalue weighted by Crippen LogP contribution is 1.89. The molecule has 0 rings (SSSR count). The van der Waals surface area contributed by atoms with Crippen LogP contribution in [0.1, 0.15) is 6.92 Å². The van der Waals surface area contributed by atoms with E-state index in [0.29, 0.717) is 5.57 Å². The molecule has 4 nitrogen and oxygen atoms in total. The van der Waals surface area contributed by atoms with Crippen molar-refractivity contribution in [2.45, 2.75) is 6.92 Å². The monoisotopic (exact) mass is 131 g/mol. The third-order valence-corrected chi connectivity index (χ3v) is 0.818. The Labute approximate surface area is 53.0 Å².